The van der Waals surface area contributed by atoms with E-state index in [1.54, 1.807) is 24.3 Å². The van der Waals surface area contributed by atoms with Crippen LogP contribution in [0.3, 0.4) is 0 Å². The Morgan fingerprint density at radius 3 is 2.45 bits per heavy atom. The van der Waals surface area contributed by atoms with Crippen LogP contribution in [0.2, 0.25) is 0 Å². The molecule has 10 nitrogen and oxygen atoms in total. The number of nitrogens with one attached hydrogen (secondary N) is 2. The van der Waals surface area contributed by atoms with Crippen molar-refractivity contribution in [3.63, 3.8) is 0 Å². The summed E-state index contributed by atoms with van der Waals surface area (Å²) in [7, 11) is -0.291. The Morgan fingerprint density at radius 1 is 1.10 bits per heavy atom. The molecule has 0 amide bonds. The standard InChI is InChI=1S/C30H40N5O5PS/c1-19-8-9-20(14-24(19)40-27-17-26(31-18-32-27)33-22-10-12-35(5)13-11-22)29(36)41-25-16-21(30(2,3)4)15-23(28(25)39-6)34-42(7,37)38/h8-9,14-18,22,34,41H,10-13H2,1-7H3,(H,31,32,33). The van der Waals surface area contributed by atoms with Gasteiger partial charge in [-0.2, -0.15) is 0 Å². The van der Waals surface area contributed by atoms with Crippen LogP contribution in [0.1, 0.15) is 55.1 Å². The van der Waals surface area contributed by atoms with Crippen LogP contribution in [0.4, 0.5) is 11.5 Å². The van der Waals surface area contributed by atoms with Crippen molar-refractivity contribution in [1.29, 1.82) is 0 Å². The Kier molecular flexibility index (Phi) is 9.75. The minimum absolute atomic E-state index is 0.137. The number of sulfonamides is 1. The van der Waals surface area contributed by atoms with E-state index in [1.165, 1.54) is 13.4 Å². The number of likely N-dealkylation sites (tertiary alicyclic amines) is 1. The molecule has 0 spiro atoms. The van der Waals surface area contributed by atoms with Gasteiger partial charge in [0.1, 0.15) is 17.9 Å². The fraction of sp³-hybridized carbons (Fsp3) is 0.433. The Bertz CT molecular complexity index is 1550. The Balaban J connectivity index is 1.57. The largest absolute Gasteiger partial charge is 0.494 e. The van der Waals surface area contributed by atoms with E-state index in [-0.39, 0.29) is 19.5 Å². The molecule has 1 aromatic heterocycles. The monoisotopic (exact) mass is 613 g/mol. The SMILES string of the molecule is COc1c(NS(C)(=O)=O)cc(C(C)(C)C)cc1PC(=O)c1ccc(C)c(Oc2cc(NC3CCN(C)CC3)ncn2)c1. The van der Waals surface area contributed by atoms with E-state index < -0.39 is 10.0 Å². The van der Waals surface area contributed by atoms with E-state index in [9.17, 15) is 13.2 Å². The van der Waals surface area contributed by atoms with E-state index >= 15 is 0 Å². The van der Waals surface area contributed by atoms with E-state index in [1.807, 2.05) is 39.8 Å². The molecular weight excluding hydrogens is 573 g/mol. The molecule has 2 aromatic carbocycles. The van der Waals surface area contributed by atoms with Crippen LogP contribution in [0.25, 0.3) is 0 Å². The molecule has 0 saturated carbocycles. The van der Waals surface area contributed by atoms with Gasteiger partial charge in [-0.05, 0) is 83.2 Å². The van der Waals surface area contributed by atoms with Crippen LogP contribution in [-0.4, -0.2) is 68.4 Å². The number of hydrogen-bond acceptors (Lipinski definition) is 9. The van der Waals surface area contributed by atoms with Gasteiger partial charge in [0.05, 0.1) is 19.1 Å². The lowest BCUT2D eigenvalue weighted by molar-refractivity contribution is 0.108. The van der Waals surface area contributed by atoms with E-state index in [4.69, 9.17) is 9.47 Å². The zero-order valence-electron chi connectivity index (χ0n) is 25.2. The van der Waals surface area contributed by atoms with Gasteiger partial charge in [0.25, 0.3) is 0 Å². The van der Waals surface area contributed by atoms with E-state index in [0.29, 0.717) is 45.8 Å². The zero-order valence-corrected chi connectivity index (χ0v) is 27.1. The highest BCUT2D eigenvalue weighted by molar-refractivity contribution is 7.92. The summed E-state index contributed by atoms with van der Waals surface area (Å²) in [6.07, 6.45) is 4.63. The highest BCUT2D eigenvalue weighted by Crippen LogP contribution is 2.36. The number of piperidine rings is 1. The highest BCUT2D eigenvalue weighted by atomic mass is 32.2. The van der Waals surface area contributed by atoms with E-state index in [2.05, 4.69) is 32.0 Å². The topological polar surface area (TPSA) is 123 Å². The third-order valence-electron chi connectivity index (χ3n) is 7.08. The summed E-state index contributed by atoms with van der Waals surface area (Å²) in [5.74, 6) is 1.93. The van der Waals surface area contributed by atoms with Crippen molar-refractivity contribution in [2.24, 2.45) is 0 Å². The first kappa shape index (κ1) is 31.7. The van der Waals surface area contributed by atoms with Crippen molar-refractivity contribution < 1.29 is 22.7 Å². The van der Waals surface area contributed by atoms with Gasteiger partial charge in [0, 0.05) is 23.0 Å². The number of nitrogens with zero attached hydrogens (tertiary/aromatic N) is 3. The van der Waals surface area contributed by atoms with Crippen molar-refractivity contribution in [3.05, 3.63) is 59.4 Å². The second-order valence-corrected chi connectivity index (χ2v) is 14.7. The molecule has 1 saturated heterocycles. The molecule has 226 valence electrons. The number of anilines is 2. The number of carbonyl (C=O) groups excluding carboxylic acids is 1. The predicted octanol–water partition coefficient (Wildman–Crippen LogP) is 4.91. The molecule has 1 atom stereocenters. The van der Waals surface area contributed by atoms with Gasteiger partial charge in [-0.1, -0.05) is 32.9 Å². The molecule has 3 aromatic rings. The summed E-state index contributed by atoms with van der Waals surface area (Å²) in [4.78, 5) is 24.5. The first-order valence-corrected chi connectivity index (χ1v) is 16.7. The summed E-state index contributed by atoms with van der Waals surface area (Å²) in [5.41, 5.74) is 2.09. The first-order valence-electron chi connectivity index (χ1n) is 13.8. The number of methoxy groups -OCH3 is 1. The summed E-state index contributed by atoms with van der Waals surface area (Å²) < 4.78 is 38.4. The number of ether oxygens (including phenoxy) is 2. The van der Waals surface area contributed by atoms with Gasteiger partial charge >= 0.3 is 0 Å². The third kappa shape index (κ3) is 8.40. The number of aromatic nitrogens is 2. The van der Waals surface area contributed by atoms with E-state index in [0.717, 1.165) is 43.3 Å². The van der Waals surface area contributed by atoms with Crippen LogP contribution in [0, 0.1) is 6.92 Å². The normalized spacial score (nSPS) is 15.1. The zero-order chi connectivity index (χ0) is 30.7. The van der Waals surface area contributed by atoms with Crippen molar-refractivity contribution in [3.8, 4) is 17.4 Å². The van der Waals surface area contributed by atoms with Gasteiger partial charge in [0.2, 0.25) is 15.9 Å². The van der Waals surface area contributed by atoms with Gasteiger partial charge in [-0.25, -0.2) is 18.4 Å². The molecule has 0 radical (unpaired) electrons. The second kappa shape index (κ2) is 12.9. The van der Waals surface area contributed by atoms with Crippen LogP contribution < -0.4 is 24.8 Å². The average Bonchev–Trinajstić information content (AvgIpc) is 2.90. The molecule has 0 aliphatic carbocycles. The number of hydrogen-bond donors (Lipinski definition) is 2. The fourth-order valence-corrected chi connectivity index (χ4v) is 6.32. The summed E-state index contributed by atoms with van der Waals surface area (Å²) in [6.45, 7) is 10.1. The number of aryl methyl sites for hydroxylation is 1. The minimum Gasteiger partial charge on any atom is -0.494 e. The Morgan fingerprint density at radius 2 is 1.81 bits per heavy atom. The van der Waals surface area contributed by atoms with Gasteiger partial charge in [0.15, 0.2) is 11.3 Å². The second-order valence-electron chi connectivity index (χ2n) is 11.7. The maximum atomic E-state index is 13.6. The molecule has 1 fully saturated rings. The maximum absolute atomic E-state index is 13.6. The first-order chi connectivity index (χ1) is 19.7. The molecule has 1 unspecified atom stereocenters. The quantitative estimate of drug-likeness (QED) is 0.307. The number of benzene rings is 2. The van der Waals surface area contributed by atoms with Crippen molar-refractivity contribution in [2.45, 2.75) is 52.0 Å². The van der Waals surface area contributed by atoms with Gasteiger partial charge in [-0.3, -0.25) is 9.52 Å². The lowest BCUT2D eigenvalue weighted by Crippen LogP contribution is -2.36. The molecule has 2 N–H and O–H groups in total. The lowest BCUT2D eigenvalue weighted by Gasteiger charge is -2.29. The molecule has 0 bridgehead atoms. The Labute approximate surface area is 250 Å². The van der Waals surface area contributed by atoms with Crippen molar-refractivity contribution in [1.82, 2.24) is 14.9 Å². The molecular formula is C30H40N5O5PS. The van der Waals surface area contributed by atoms with Crippen LogP contribution in [-0.2, 0) is 15.4 Å². The van der Waals surface area contributed by atoms with Crippen LogP contribution >= 0.6 is 8.58 Å². The molecule has 42 heavy (non-hydrogen) atoms. The summed E-state index contributed by atoms with van der Waals surface area (Å²) in [5, 5.41) is 4.09. The van der Waals surface area contributed by atoms with Crippen molar-refractivity contribution in [2.75, 3.05) is 43.5 Å². The predicted molar refractivity (Wildman–Crippen MR) is 170 cm³/mol. The molecule has 1 aliphatic heterocycles. The molecule has 1 aliphatic rings. The minimum atomic E-state index is -3.57. The highest BCUT2D eigenvalue weighted by Gasteiger charge is 2.23. The maximum Gasteiger partial charge on any atom is 0.229 e. The molecule has 12 heteroatoms. The smallest absolute Gasteiger partial charge is 0.229 e. The number of carbonyl (C=O) groups is 1. The molecule has 4 rings (SSSR count). The van der Waals surface area contributed by atoms with Crippen LogP contribution in [0.5, 0.6) is 17.4 Å². The summed E-state index contributed by atoms with van der Waals surface area (Å²) >= 11 is 0. The fourth-order valence-electron chi connectivity index (χ4n) is 4.64. The average molecular weight is 614 g/mol. The summed E-state index contributed by atoms with van der Waals surface area (Å²) in [6, 6.07) is 11.1. The van der Waals surface area contributed by atoms with Crippen LogP contribution in [0.15, 0.2) is 42.7 Å². The Hall–Kier alpha value is -3.27. The van der Waals surface area contributed by atoms with Gasteiger partial charge < -0.3 is 19.7 Å². The lowest BCUT2D eigenvalue weighted by atomic mass is 9.87. The third-order valence-corrected chi connectivity index (χ3v) is 8.83. The molecule has 2 heterocycles. The van der Waals surface area contributed by atoms with Crippen molar-refractivity contribution >= 4 is 40.9 Å². The number of rotatable bonds is 10. The van der Waals surface area contributed by atoms with Gasteiger partial charge in [-0.15, -0.1) is 0 Å².